The van der Waals surface area contributed by atoms with E-state index >= 15 is 0 Å². The third kappa shape index (κ3) is 3.81. The van der Waals surface area contributed by atoms with Crippen LogP contribution in [0.4, 0.5) is 0 Å². The zero-order valence-electron chi connectivity index (χ0n) is 14.5. The number of aliphatic hydroxyl groups is 1. The predicted octanol–water partition coefficient (Wildman–Crippen LogP) is 0.351. The highest BCUT2D eigenvalue weighted by molar-refractivity contribution is 8.23. The topological polar surface area (TPSA) is 135 Å². The van der Waals surface area contributed by atoms with Gasteiger partial charge in [-0.3, -0.25) is 19.3 Å². The second-order valence-electron chi connectivity index (χ2n) is 6.69. The second-order valence-corrected chi connectivity index (χ2v) is 9.38. The van der Waals surface area contributed by atoms with Crippen molar-refractivity contribution in [2.24, 2.45) is 5.92 Å². The van der Waals surface area contributed by atoms with Crippen LogP contribution < -0.4 is 0 Å². The summed E-state index contributed by atoms with van der Waals surface area (Å²) in [6, 6.07) is 0. The van der Waals surface area contributed by atoms with Crippen LogP contribution in [-0.4, -0.2) is 78.7 Å². The van der Waals surface area contributed by atoms with Crippen LogP contribution in [-0.2, 0) is 19.2 Å². The molecule has 0 aromatic carbocycles. The van der Waals surface area contributed by atoms with Crippen LogP contribution in [0.3, 0.4) is 0 Å². The molecule has 3 aliphatic rings. The van der Waals surface area contributed by atoms with Crippen LogP contribution in [0.1, 0.15) is 26.2 Å². The van der Waals surface area contributed by atoms with Crippen LogP contribution in [0, 0.1) is 5.92 Å². The van der Waals surface area contributed by atoms with E-state index in [0.717, 1.165) is 0 Å². The van der Waals surface area contributed by atoms with Gasteiger partial charge >= 0.3 is 11.9 Å². The van der Waals surface area contributed by atoms with Gasteiger partial charge in [0.25, 0.3) is 0 Å². The molecule has 2 saturated heterocycles. The normalized spacial score (nSPS) is 28.2. The minimum atomic E-state index is -1.18. The largest absolute Gasteiger partial charge is 0.481 e. The molecule has 0 aliphatic carbocycles. The zero-order valence-corrected chi connectivity index (χ0v) is 16.2. The fourth-order valence-electron chi connectivity index (χ4n) is 3.41. The van der Waals surface area contributed by atoms with Gasteiger partial charge in [-0.2, -0.15) is 0 Å². The van der Waals surface area contributed by atoms with Crippen molar-refractivity contribution >= 4 is 47.3 Å². The lowest BCUT2D eigenvalue weighted by Gasteiger charge is -2.43. The number of carbonyl (C=O) groups excluding carboxylic acids is 2. The molecule has 2 amide bonds. The highest BCUT2D eigenvalue weighted by atomic mass is 32.2. The molecule has 0 bridgehead atoms. The summed E-state index contributed by atoms with van der Waals surface area (Å²) in [5.41, 5.74) is -0.0486. The minimum absolute atomic E-state index is 0.0190. The van der Waals surface area contributed by atoms with Gasteiger partial charge in [0.2, 0.25) is 11.8 Å². The maximum absolute atomic E-state index is 12.2. The van der Waals surface area contributed by atoms with E-state index < -0.39 is 29.3 Å². The van der Waals surface area contributed by atoms with E-state index in [1.54, 1.807) is 4.90 Å². The van der Waals surface area contributed by atoms with Crippen molar-refractivity contribution in [3.05, 3.63) is 9.93 Å². The van der Waals surface area contributed by atoms with E-state index in [0.29, 0.717) is 23.7 Å². The highest BCUT2D eigenvalue weighted by Crippen LogP contribution is 2.55. The van der Waals surface area contributed by atoms with Gasteiger partial charge in [0, 0.05) is 24.8 Å². The molecule has 3 rings (SSSR count). The summed E-state index contributed by atoms with van der Waals surface area (Å²) in [5, 5.41) is 27.5. The first kappa shape index (κ1) is 20.0. The van der Waals surface area contributed by atoms with E-state index in [2.05, 4.69) is 0 Å². The summed E-state index contributed by atoms with van der Waals surface area (Å²) < 4.78 is 0.522. The Kier molecular flexibility index (Phi) is 5.73. The number of carboxylic acids is 2. The molecule has 0 saturated carbocycles. The maximum Gasteiger partial charge on any atom is 0.354 e. The molecular formula is C16H20N2O7S2. The van der Waals surface area contributed by atoms with Gasteiger partial charge in [0.15, 0.2) is 5.70 Å². The Hall–Kier alpha value is -1.72. The van der Waals surface area contributed by atoms with Gasteiger partial charge in [0.05, 0.1) is 22.7 Å². The summed E-state index contributed by atoms with van der Waals surface area (Å²) in [6.45, 7) is 2.43. The predicted molar refractivity (Wildman–Crippen MR) is 97.5 cm³/mol. The van der Waals surface area contributed by atoms with Gasteiger partial charge in [-0.1, -0.05) is 11.8 Å². The van der Waals surface area contributed by atoms with Crippen LogP contribution in [0.25, 0.3) is 0 Å². The van der Waals surface area contributed by atoms with Crippen molar-refractivity contribution in [2.45, 2.75) is 42.9 Å². The monoisotopic (exact) mass is 416 g/mol. The molecule has 148 valence electrons. The molecule has 9 nitrogen and oxygen atoms in total. The SMILES string of the molecule is CC(O)C1C(=O)N2C(C(=O)O)=C(SC3CCN(C(=O)CCC(=O)O)C3)S[C@H]12. The van der Waals surface area contributed by atoms with Crippen LogP contribution in [0.15, 0.2) is 9.93 Å². The lowest BCUT2D eigenvalue weighted by molar-refractivity contribution is -0.156. The van der Waals surface area contributed by atoms with Crippen molar-refractivity contribution in [2.75, 3.05) is 13.1 Å². The maximum atomic E-state index is 12.2. The van der Waals surface area contributed by atoms with E-state index in [-0.39, 0.29) is 35.6 Å². The van der Waals surface area contributed by atoms with E-state index in [9.17, 15) is 29.4 Å². The molecule has 3 unspecified atom stereocenters. The summed E-state index contributed by atoms with van der Waals surface area (Å²) in [4.78, 5) is 49.3. The fraction of sp³-hybridized carbons (Fsp3) is 0.625. The molecule has 27 heavy (non-hydrogen) atoms. The number of hydrogen-bond acceptors (Lipinski definition) is 7. The van der Waals surface area contributed by atoms with Crippen molar-refractivity contribution in [1.29, 1.82) is 0 Å². The average molecular weight is 416 g/mol. The molecule has 0 radical (unpaired) electrons. The fourth-order valence-corrected chi connectivity index (χ4v) is 6.73. The van der Waals surface area contributed by atoms with Gasteiger partial charge in [-0.05, 0) is 13.3 Å². The molecule has 2 fully saturated rings. The number of β-lactam (4-membered cyclic amide) rings is 1. The number of thioether (sulfide) groups is 2. The Bertz CT molecular complexity index is 724. The number of carbonyl (C=O) groups is 4. The number of nitrogens with zero attached hydrogens (tertiary/aromatic N) is 2. The third-order valence-corrected chi connectivity index (χ3v) is 7.65. The molecule has 3 aliphatic heterocycles. The van der Waals surface area contributed by atoms with Crippen molar-refractivity contribution in [1.82, 2.24) is 9.80 Å². The number of likely N-dealkylation sites (tertiary alicyclic amines) is 1. The number of amides is 2. The molecular weight excluding hydrogens is 396 g/mol. The number of hydrogen-bond donors (Lipinski definition) is 3. The van der Waals surface area contributed by atoms with Crippen LogP contribution in [0.2, 0.25) is 0 Å². The molecule has 3 N–H and O–H groups in total. The minimum Gasteiger partial charge on any atom is -0.481 e. The second kappa shape index (κ2) is 7.72. The number of carboxylic acid groups (broad SMARTS) is 2. The zero-order chi connectivity index (χ0) is 19.9. The molecule has 0 spiro atoms. The number of rotatable bonds is 7. The van der Waals surface area contributed by atoms with Gasteiger partial charge in [0.1, 0.15) is 5.37 Å². The van der Waals surface area contributed by atoms with Crippen molar-refractivity contribution in [3.8, 4) is 0 Å². The summed E-state index contributed by atoms with van der Waals surface area (Å²) >= 11 is 2.61. The molecule has 4 atom stereocenters. The van der Waals surface area contributed by atoms with Crippen molar-refractivity contribution in [3.63, 3.8) is 0 Å². The van der Waals surface area contributed by atoms with Gasteiger partial charge < -0.3 is 20.2 Å². The first-order valence-corrected chi connectivity index (χ1v) is 10.3. The summed E-state index contributed by atoms with van der Waals surface area (Å²) in [6.07, 6.45) is -0.444. The Morgan fingerprint density at radius 3 is 2.59 bits per heavy atom. The number of aliphatic hydroxyl groups excluding tert-OH is 1. The van der Waals surface area contributed by atoms with Crippen molar-refractivity contribution < 1.29 is 34.5 Å². The van der Waals surface area contributed by atoms with Crippen LogP contribution in [0.5, 0.6) is 0 Å². The Labute approximate surface area is 163 Å². The molecule has 11 heteroatoms. The molecule has 3 heterocycles. The summed E-state index contributed by atoms with van der Waals surface area (Å²) in [7, 11) is 0. The average Bonchev–Trinajstić information content (AvgIpc) is 3.15. The molecule has 0 aromatic rings. The molecule has 0 aromatic heterocycles. The van der Waals surface area contributed by atoms with Gasteiger partial charge in [-0.15, -0.1) is 11.8 Å². The van der Waals surface area contributed by atoms with Gasteiger partial charge in [-0.25, -0.2) is 4.79 Å². The third-order valence-electron chi connectivity index (χ3n) is 4.79. The Morgan fingerprint density at radius 1 is 1.30 bits per heavy atom. The number of fused-ring (bicyclic) bond motifs is 1. The van der Waals surface area contributed by atoms with E-state index in [1.165, 1.54) is 35.3 Å². The number of aliphatic carboxylic acids is 2. The van der Waals surface area contributed by atoms with E-state index in [4.69, 9.17) is 5.11 Å². The first-order valence-electron chi connectivity index (χ1n) is 8.52. The van der Waals surface area contributed by atoms with E-state index in [1.807, 2.05) is 0 Å². The quantitative estimate of drug-likeness (QED) is 0.502. The highest BCUT2D eigenvalue weighted by Gasteiger charge is 2.58. The standard InChI is InChI=1S/C16H20N2O7S2/c1-7(19)11-13(23)18-12(15(24)25)16(27-14(11)18)26-8-4-5-17(6-8)9(20)2-3-10(21)22/h7-8,11,14,19H,2-6H2,1H3,(H,21,22)(H,24,25)/t7?,8?,11?,14-/m1/s1. The Morgan fingerprint density at radius 2 is 2.00 bits per heavy atom. The Balaban J connectivity index is 1.64. The lowest BCUT2D eigenvalue weighted by atomic mass is 9.92. The lowest BCUT2D eigenvalue weighted by Crippen LogP contribution is -2.60. The summed E-state index contributed by atoms with van der Waals surface area (Å²) in [5.74, 6) is -3.42. The first-order chi connectivity index (χ1) is 12.7. The smallest absolute Gasteiger partial charge is 0.354 e. The van der Waals surface area contributed by atoms with Crippen LogP contribution >= 0.6 is 23.5 Å².